The van der Waals surface area contributed by atoms with Crippen LogP contribution in [0.1, 0.15) is 30.1 Å². The average molecular weight is 394 g/mol. The van der Waals surface area contributed by atoms with Gasteiger partial charge in [0.15, 0.2) is 6.61 Å². The summed E-state index contributed by atoms with van der Waals surface area (Å²) >= 11 is 0. The maximum atomic E-state index is 12.3. The first-order valence-electron chi connectivity index (χ1n) is 8.81. The Morgan fingerprint density at radius 2 is 1.89 bits per heavy atom. The third-order valence-corrected chi connectivity index (χ3v) is 4.41. The molecule has 152 valence electrons. The molecule has 0 saturated carbocycles. The molecule has 1 heterocycles. The van der Waals surface area contributed by atoms with Crippen LogP contribution in [0.25, 0.3) is 0 Å². The van der Waals surface area contributed by atoms with E-state index in [9.17, 15) is 24.5 Å². The molecule has 0 N–H and O–H groups in total. The number of hydrogen-bond acceptors (Lipinski definition) is 8. The van der Waals surface area contributed by atoms with E-state index in [1.54, 1.807) is 6.92 Å². The van der Waals surface area contributed by atoms with Crippen molar-refractivity contribution in [2.45, 2.75) is 19.8 Å². The molecule has 2 rings (SSSR count). The van der Waals surface area contributed by atoms with Crippen LogP contribution in [0.15, 0.2) is 18.2 Å². The number of hydrogen-bond donors (Lipinski definition) is 0. The number of ether oxygens (including phenoxy) is 3. The lowest BCUT2D eigenvalue weighted by molar-refractivity contribution is -0.384. The number of rotatable bonds is 7. The number of likely N-dealkylation sites (tertiary alicyclic amines) is 1. The van der Waals surface area contributed by atoms with E-state index in [0.29, 0.717) is 32.5 Å². The molecule has 10 heteroatoms. The van der Waals surface area contributed by atoms with Crippen LogP contribution in [0.4, 0.5) is 5.69 Å². The van der Waals surface area contributed by atoms with Gasteiger partial charge < -0.3 is 19.1 Å². The van der Waals surface area contributed by atoms with Gasteiger partial charge in [0.05, 0.1) is 24.6 Å². The number of benzene rings is 1. The van der Waals surface area contributed by atoms with Crippen LogP contribution in [0.5, 0.6) is 5.75 Å². The van der Waals surface area contributed by atoms with Gasteiger partial charge in [-0.25, -0.2) is 4.79 Å². The second kappa shape index (κ2) is 9.67. The summed E-state index contributed by atoms with van der Waals surface area (Å²) in [5.74, 6) is -1.69. The third-order valence-electron chi connectivity index (χ3n) is 4.41. The minimum absolute atomic E-state index is 0.110. The molecule has 1 aliphatic rings. The first-order valence-corrected chi connectivity index (χ1v) is 8.81. The van der Waals surface area contributed by atoms with Crippen molar-refractivity contribution in [1.29, 1.82) is 0 Å². The van der Waals surface area contributed by atoms with Gasteiger partial charge in [-0.3, -0.25) is 19.7 Å². The number of non-ortho nitro benzene ring substituents is 1. The van der Waals surface area contributed by atoms with Crippen molar-refractivity contribution in [1.82, 2.24) is 4.90 Å². The highest BCUT2D eigenvalue weighted by Gasteiger charge is 2.29. The second-order valence-corrected chi connectivity index (χ2v) is 6.12. The molecular formula is C18H22N2O8. The van der Waals surface area contributed by atoms with Gasteiger partial charge in [-0.15, -0.1) is 0 Å². The monoisotopic (exact) mass is 394 g/mol. The van der Waals surface area contributed by atoms with Crippen LogP contribution in [-0.4, -0.2) is 61.1 Å². The van der Waals surface area contributed by atoms with Gasteiger partial charge in [-0.2, -0.15) is 0 Å². The molecule has 1 amide bonds. The van der Waals surface area contributed by atoms with Crippen LogP contribution in [0, 0.1) is 16.0 Å². The van der Waals surface area contributed by atoms with E-state index in [-0.39, 0.29) is 28.9 Å². The summed E-state index contributed by atoms with van der Waals surface area (Å²) in [6.45, 7) is 2.27. The molecule has 0 aromatic heterocycles. The van der Waals surface area contributed by atoms with Gasteiger partial charge >= 0.3 is 11.9 Å². The Labute approximate surface area is 161 Å². The van der Waals surface area contributed by atoms with Gasteiger partial charge in [0.1, 0.15) is 11.3 Å². The summed E-state index contributed by atoms with van der Waals surface area (Å²) in [6.07, 6.45) is 0.967. The predicted molar refractivity (Wildman–Crippen MR) is 95.9 cm³/mol. The van der Waals surface area contributed by atoms with E-state index in [1.807, 2.05) is 0 Å². The van der Waals surface area contributed by atoms with E-state index >= 15 is 0 Å². The number of nitro groups is 1. The molecule has 10 nitrogen and oxygen atoms in total. The lowest BCUT2D eigenvalue weighted by Crippen LogP contribution is -2.42. The number of carbonyl (C=O) groups excluding carboxylic acids is 3. The predicted octanol–water partition coefficient (Wildman–Crippen LogP) is 1.56. The van der Waals surface area contributed by atoms with Crippen LogP contribution >= 0.6 is 0 Å². The van der Waals surface area contributed by atoms with Crippen molar-refractivity contribution in [2.75, 3.05) is 33.4 Å². The normalized spacial score (nSPS) is 14.3. The number of amides is 1. The Morgan fingerprint density at radius 3 is 2.46 bits per heavy atom. The van der Waals surface area contributed by atoms with Gasteiger partial charge in [0.25, 0.3) is 11.6 Å². The number of piperidine rings is 1. The summed E-state index contributed by atoms with van der Waals surface area (Å²) in [4.78, 5) is 48.0. The summed E-state index contributed by atoms with van der Waals surface area (Å²) < 4.78 is 15.0. The van der Waals surface area contributed by atoms with Crippen molar-refractivity contribution in [3.8, 4) is 5.75 Å². The van der Waals surface area contributed by atoms with E-state index in [1.165, 1.54) is 24.1 Å². The van der Waals surface area contributed by atoms with Crippen molar-refractivity contribution < 1.29 is 33.5 Å². The van der Waals surface area contributed by atoms with Crippen molar-refractivity contribution in [2.24, 2.45) is 5.92 Å². The quantitative estimate of drug-likeness (QED) is 0.387. The van der Waals surface area contributed by atoms with Crippen LogP contribution in [-0.2, 0) is 19.1 Å². The minimum Gasteiger partial charge on any atom is -0.496 e. The SMILES string of the molecule is CCOC(=O)C1CCN(C(=O)COC(=O)c2cc([N+](=O)[O-])ccc2OC)CC1. The molecule has 1 fully saturated rings. The van der Waals surface area contributed by atoms with Gasteiger partial charge in [0.2, 0.25) is 0 Å². The van der Waals surface area contributed by atoms with Crippen LogP contribution in [0.2, 0.25) is 0 Å². The number of carbonyl (C=O) groups is 3. The highest BCUT2D eigenvalue weighted by atomic mass is 16.6. The fraction of sp³-hybridized carbons (Fsp3) is 0.500. The molecule has 0 spiro atoms. The summed E-state index contributed by atoms with van der Waals surface area (Å²) in [5, 5.41) is 10.9. The highest BCUT2D eigenvalue weighted by molar-refractivity contribution is 5.94. The largest absolute Gasteiger partial charge is 0.496 e. The van der Waals surface area contributed by atoms with Crippen LogP contribution in [0.3, 0.4) is 0 Å². The first kappa shape index (κ1) is 21.1. The van der Waals surface area contributed by atoms with Gasteiger partial charge in [0, 0.05) is 25.2 Å². The van der Waals surface area contributed by atoms with E-state index in [0.717, 1.165) is 6.07 Å². The Kier molecular flexibility index (Phi) is 7.30. The van der Waals surface area contributed by atoms with E-state index in [4.69, 9.17) is 14.2 Å². The standard InChI is InChI=1S/C18H22N2O8/c1-3-27-17(22)12-6-8-19(9-7-12)16(21)11-28-18(23)14-10-13(20(24)25)4-5-15(14)26-2/h4-5,10,12H,3,6-9,11H2,1-2H3. The summed E-state index contributed by atoms with van der Waals surface area (Å²) in [7, 11) is 1.32. The number of methoxy groups -OCH3 is 1. The number of nitro benzene ring substituents is 1. The minimum atomic E-state index is -0.893. The van der Waals surface area contributed by atoms with E-state index in [2.05, 4.69) is 0 Å². The molecule has 0 unspecified atom stereocenters. The molecule has 1 aromatic carbocycles. The Balaban J connectivity index is 1.91. The van der Waals surface area contributed by atoms with E-state index < -0.39 is 23.4 Å². The summed E-state index contributed by atoms with van der Waals surface area (Å²) in [6, 6.07) is 3.53. The topological polar surface area (TPSA) is 125 Å². The fourth-order valence-electron chi connectivity index (χ4n) is 2.89. The molecule has 1 aromatic rings. The van der Waals surface area contributed by atoms with Crippen molar-refractivity contribution in [3.63, 3.8) is 0 Å². The van der Waals surface area contributed by atoms with Crippen LogP contribution < -0.4 is 4.74 Å². The molecule has 0 bridgehead atoms. The Morgan fingerprint density at radius 1 is 1.21 bits per heavy atom. The first-order chi connectivity index (χ1) is 13.4. The zero-order chi connectivity index (χ0) is 20.7. The smallest absolute Gasteiger partial charge is 0.342 e. The van der Waals surface area contributed by atoms with Gasteiger partial charge in [-0.1, -0.05) is 0 Å². The van der Waals surface area contributed by atoms with Crippen molar-refractivity contribution >= 4 is 23.5 Å². The average Bonchev–Trinajstić information content (AvgIpc) is 2.71. The molecule has 28 heavy (non-hydrogen) atoms. The second-order valence-electron chi connectivity index (χ2n) is 6.12. The Bertz CT molecular complexity index is 756. The third kappa shape index (κ3) is 5.18. The zero-order valence-electron chi connectivity index (χ0n) is 15.7. The van der Waals surface area contributed by atoms with Crippen molar-refractivity contribution in [3.05, 3.63) is 33.9 Å². The number of esters is 2. The Hall–Kier alpha value is -3.17. The zero-order valence-corrected chi connectivity index (χ0v) is 15.7. The molecular weight excluding hydrogens is 372 g/mol. The molecule has 0 radical (unpaired) electrons. The molecule has 1 saturated heterocycles. The number of nitrogens with zero attached hydrogens (tertiary/aromatic N) is 2. The lowest BCUT2D eigenvalue weighted by Gasteiger charge is -2.30. The lowest BCUT2D eigenvalue weighted by atomic mass is 9.97. The highest BCUT2D eigenvalue weighted by Crippen LogP contribution is 2.25. The molecule has 0 atom stereocenters. The van der Waals surface area contributed by atoms with Gasteiger partial charge in [-0.05, 0) is 25.8 Å². The summed E-state index contributed by atoms with van der Waals surface area (Å²) in [5.41, 5.74) is -0.425. The molecule has 1 aliphatic heterocycles. The molecule has 0 aliphatic carbocycles. The maximum absolute atomic E-state index is 12.3. The maximum Gasteiger partial charge on any atom is 0.342 e. The fourth-order valence-corrected chi connectivity index (χ4v) is 2.89.